The molecule has 0 unspecified atom stereocenters. The van der Waals surface area contributed by atoms with Gasteiger partial charge >= 0.3 is 6.18 Å². The van der Waals surface area contributed by atoms with E-state index >= 15 is 0 Å². The van der Waals surface area contributed by atoms with Gasteiger partial charge in [0.15, 0.2) is 0 Å². The molecule has 1 aliphatic carbocycles. The minimum Gasteiger partial charge on any atom is -0.303 e. The van der Waals surface area contributed by atoms with Gasteiger partial charge in [-0.15, -0.1) is 0 Å². The van der Waals surface area contributed by atoms with Crippen molar-refractivity contribution in [1.29, 1.82) is 0 Å². The van der Waals surface area contributed by atoms with Crippen LogP contribution in [0, 0.1) is 17.3 Å². The van der Waals surface area contributed by atoms with Crippen LogP contribution in [0.4, 0.5) is 13.2 Å². The largest absolute Gasteiger partial charge is 0.421 e. The lowest BCUT2D eigenvalue weighted by Crippen LogP contribution is -2.35. The summed E-state index contributed by atoms with van der Waals surface area (Å²) in [6.07, 6.45) is -4.43. The fourth-order valence-corrected chi connectivity index (χ4v) is 2.17. The highest BCUT2D eigenvalue weighted by Crippen LogP contribution is 2.62. The molecular formula is C9H11Cl2F3O. The van der Waals surface area contributed by atoms with E-state index in [1.807, 2.05) is 0 Å². The average Bonchev–Trinajstić information content (AvgIpc) is 2.49. The summed E-state index contributed by atoms with van der Waals surface area (Å²) in [6, 6.07) is 0. The van der Waals surface area contributed by atoms with Gasteiger partial charge in [0.25, 0.3) is 0 Å². The molecule has 0 spiro atoms. The molecule has 88 valence electrons. The van der Waals surface area contributed by atoms with Crippen molar-refractivity contribution in [3.8, 4) is 0 Å². The van der Waals surface area contributed by atoms with Crippen molar-refractivity contribution in [3.05, 3.63) is 0 Å². The zero-order chi connectivity index (χ0) is 12.1. The summed E-state index contributed by atoms with van der Waals surface area (Å²) in [5.74, 6) is -0.775. The minimum atomic E-state index is -4.66. The van der Waals surface area contributed by atoms with Gasteiger partial charge in [0.2, 0.25) is 4.33 Å². The number of carbonyl (C=O) groups excluding carboxylic acids is 1. The van der Waals surface area contributed by atoms with E-state index < -0.39 is 28.3 Å². The van der Waals surface area contributed by atoms with Crippen LogP contribution in [0.2, 0.25) is 0 Å². The van der Waals surface area contributed by atoms with E-state index in [-0.39, 0.29) is 5.92 Å². The monoisotopic (exact) mass is 262 g/mol. The number of hydrogen-bond donors (Lipinski definition) is 0. The lowest BCUT2D eigenvalue weighted by Gasteiger charge is -2.23. The molecule has 15 heavy (non-hydrogen) atoms. The molecule has 1 nitrogen and oxygen atoms in total. The van der Waals surface area contributed by atoms with Crippen LogP contribution < -0.4 is 0 Å². The van der Waals surface area contributed by atoms with Crippen LogP contribution in [-0.2, 0) is 4.79 Å². The zero-order valence-electron chi connectivity index (χ0n) is 8.24. The third-order valence-corrected chi connectivity index (χ3v) is 3.91. The third-order valence-electron chi connectivity index (χ3n) is 3.18. The first-order valence-electron chi connectivity index (χ1n) is 4.44. The molecule has 0 heterocycles. The standard InChI is InChI=1S/C9H11Cl2F3O/c1-7(2)5(6(7)4-15)3-8(10,11)9(12,13)14/h4-6H,3H2,1-2H3/t5-,6+/m0/s1. The van der Waals surface area contributed by atoms with Crippen molar-refractivity contribution in [3.63, 3.8) is 0 Å². The molecule has 0 aromatic heterocycles. The summed E-state index contributed by atoms with van der Waals surface area (Å²) >= 11 is 10.4. The van der Waals surface area contributed by atoms with Gasteiger partial charge in [-0.1, -0.05) is 37.0 Å². The van der Waals surface area contributed by atoms with E-state index in [4.69, 9.17) is 23.2 Å². The molecular weight excluding hydrogens is 252 g/mol. The summed E-state index contributed by atoms with van der Waals surface area (Å²) in [5, 5.41) is 0. The van der Waals surface area contributed by atoms with Gasteiger partial charge in [-0.05, 0) is 17.8 Å². The van der Waals surface area contributed by atoms with Gasteiger partial charge in [0, 0.05) is 5.92 Å². The fraction of sp³-hybridized carbons (Fsp3) is 0.889. The number of halogens is 5. The molecule has 0 amide bonds. The highest BCUT2D eigenvalue weighted by molar-refractivity contribution is 6.49. The maximum absolute atomic E-state index is 12.4. The second kappa shape index (κ2) is 3.52. The third kappa shape index (κ3) is 2.26. The molecule has 0 aliphatic heterocycles. The van der Waals surface area contributed by atoms with Gasteiger partial charge in [0.05, 0.1) is 0 Å². The Labute approximate surface area is 95.9 Å². The summed E-state index contributed by atoms with van der Waals surface area (Å²) < 4.78 is 34.3. The lowest BCUT2D eigenvalue weighted by molar-refractivity contribution is -0.144. The first-order chi connectivity index (χ1) is 6.54. The van der Waals surface area contributed by atoms with Gasteiger partial charge in [-0.2, -0.15) is 13.2 Å². The molecule has 0 aromatic rings. The van der Waals surface area contributed by atoms with E-state index in [1.54, 1.807) is 13.8 Å². The van der Waals surface area contributed by atoms with E-state index in [2.05, 4.69) is 0 Å². The van der Waals surface area contributed by atoms with E-state index in [0.717, 1.165) is 0 Å². The van der Waals surface area contributed by atoms with Crippen molar-refractivity contribution >= 4 is 29.5 Å². The van der Waals surface area contributed by atoms with Crippen molar-refractivity contribution < 1.29 is 18.0 Å². The number of rotatable bonds is 3. The predicted octanol–water partition coefficient (Wildman–Crippen LogP) is 3.58. The first-order valence-corrected chi connectivity index (χ1v) is 5.19. The van der Waals surface area contributed by atoms with Crippen LogP contribution in [-0.4, -0.2) is 16.8 Å². The highest BCUT2D eigenvalue weighted by Gasteiger charge is 2.64. The molecule has 0 N–H and O–H groups in total. The SMILES string of the molecule is CC1(C)[C@H](C=O)[C@@H]1CC(Cl)(Cl)C(F)(F)F. The van der Waals surface area contributed by atoms with Crippen LogP contribution in [0.1, 0.15) is 20.3 Å². The summed E-state index contributed by atoms with van der Waals surface area (Å²) in [5.41, 5.74) is -0.429. The average molecular weight is 263 g/mol. The molecule has 1 rings (SSSR count). The van der Waals surface area contributed by atoms with Gasteiger partial charge in [-0.3, -0.25) is 0 Å². The van der Waals surface area contributed by atoms with E-state index in [1.165, 1.54) is 0 Å². The van der Waals surface area contributed by atoms with Crippen molar-refractivity contribution in [2.45, 2.75) is 30.8 Å². The molecule has 0 aromatic carbocycles. The smallest absolute Gasteiger partial charge is 0.303 e. The van der Waals surface area contributed by atoms with Crippen molar-refractivity contribution in [2.75, 3.05) is 0 Å². The maximum Gasteiger partial charge on any atom is 0.421 e. The Morgan fingerprint density at radius 2 is 1.80 bits per heavy atom. The van der Waals surface area contributed by atoms with Gasteiger partial charge in [0.1, 0.15) is 6.29 Å². The lowest BCUT2D eigenvalue weighted by atomic mass is 10.1. The highest BCUT2D eigenvalue weighted by atomic mass is 35.5. The second-order valence-corrected chi connectivity index (χ2v) is 5.98. The Morgan fingerprint density at radius 1 is 1.33 bits per heavy atom. The topological polar surface area (TPSA) is 17.1 Å². The van der Waals surface area contributed by atoms with Crippen LogP contribution in [0.5, 0.6) is 0 Å². The summed E-state index contributed by atoms with van der Waals surface area (Å²) in [4.78, 5) is 10.6. The second-order valence-electron chi connectivity index (χ2n) is 4.50. The molecule has 6 heteroatoms. The van der Waals surface area contributed by atoms with E-state index in [0.29, 0.717) is 6.29 Å². The van der Waals surface area contributed by atoms with Crippen molar-refractivity contribution in [2.24, 2.45) is 17.3 Å². The molecule has 0 radical (unpaired) electrons. The molecule has 1 saturated carbocycles. The van der Waals surface area contributed by atoms with Gasteiger partial charge in [-0.25, -0.2) is 0 Å². The number of carbonyl (C=O) groups is 1. The molecule has 1 aliphatic rings. The predicted molar refractivity (Wildman–Crippen MR) is 51.9 cm³/mol. The Kier molecular flexibility index (Phi) is 3.08. The normalized spacial score (nSPS) is 30.1. The molecule has 0 bridgehead atoms. The van der Waals surface area contributed by atoms with Crippen molar-refractivity contribution in [1.82, 2.24) is 0 Å². The summed E-state index contributed by atoms with van der Waals surface area (Å²) in [7, 11) is 0. The fourth-order valence-electron chi connectivity index (χ4n) is 1.84. The molecule has 2 atom stereocenters. The first kappa shape index (κ1) is 13.1. The summed E-state index contributed by atoms with van der Waals surface area (Å²) in [6.45, 7) is 3.47. The minimum absolute atomic E-state index is 0.378. The Balaban J connectivity index is 2.69. The number of hydrogen-bond acceptors (Lipinski definition) is 1. The number of aldehydes is 1. The van der Waals surface area contributed by atoms with E-state index in [9.17, 15) is 18.0 Å². The number of alkyl halides is 5. The van der Waals surface area contributed by atoms with Crippen LogP contribution in [0.3, 0.4) is 0 Å². The Bertz CT molecular complexity index is 273. The maximum atomic E-state index is 12.4. The Morgan fingerprint density at radius 3 is 2.07 bits per heavy atom. The van der Waals surface area contributed by atoms with Crippen LogP contribution in [0.15, 0.2) is 0 Å². The Hall–Kier alpha value is 0.0400. The molecule has 1 fully saturated rings. The molecule has 0 saturated heterocycles. The van der Waals surface area contributed by atoms with Crippen LogP contribution in [0.25, 0.3) is 0 Å². The zero-order valence-corrected chi connectivity index (χ0v) is 9.75. The van der Waals surface area contributed by atoms with Crippen LogP contribution >= 0.6 is 23.2 Å². The quantitative estimate of drug-likeness (QED) is 0.561. The van der Waals surface area contributed by atoms with Gasteiger partial charge < -0.3 is 4.79 Å².